The Morgan fingerprint density at radius 2 is 2.45 bits per heavy atom. The van der Waals surface area contributed by atoms with E-state index in [1.165, 1.54) is 0 Å². The number of halogens is 1. The maximum absolute atomic E-state index is 5.85. The molecule has 54 valence electrons. The number of nitrogens with zero attached hydrogens (tertiary/aromatic N) is 1. The zero-order chi connectivity index (χ0) is 7.42. The van der Waals surface area contributed by atoms with Crippen LogP contribution in [0.15, 0.2) is 28.0 Å². The topological polar surface area (TPSA) is 28.1 Å². The van der Waals surface area contributed by atoms with E-state index in [0.717, 1.165) is 21.4 Å². The molecule has 0 amide bonds. The maximum atomic E-state index is 5.85. The van der Waals surface area contributed by atoms with Crippen molar-refractivity contribution in [3.8, 4) is 0 Å². The lowest BCUT2D eigenvalue weighted by Crippen LogP contribution is -2.24. The quantitative estimate of drug-likeness (QED) is 0.579. The van der Waals surface area contributed by atoms with E-state index in [-0.39, 0.29) is 0 Å². The van der Waals surface area contributed by atoms with Gasteiger partial charge in [0.25, 0.3) is 0 Å². The zero-order valence-electron chi connectivity index (χ0n) is 5.63. The number of hydrogen-bond donors (Lipinski definition) is 1. The minimum atomic E-state index is 0.333. The Labute approximate surface area is 67.9 Å². The fourth-order valence-corrected chi connectivity index (χ4v) is 1.65. The first-order valence-electron chi connectivity index (χ1n) is 3.50. The highest BCUT2D eigenvalue weighted by Gasteiger charge is 2.35. The van der Waals surface area contributed by atoms with Gasteiger partial charge in [-0.15, -0.1) is 0 Å². The van der Waals surface area contributed by atoms with E-state index in [2.05, 4.69) is 16.1 Å². The fraction of sp³-hybridized carbons (Fsp3) is 0.125. The Morgan fingerprint density at radius 1 is 1.55 bits per heavy atom. The number of aromatic amines is 1. The van der Waals surface area contributed by atoms with Crippen molar-refractivity contribution in [3.63, 3.8) is 0 Å². The molecule has 2 heterocycles. The van der Waals surface area contributed by atoms with Crippen LogP contribution < -0.4 is 10.7 Å². The van der Waals surface area contributed by atoms with E-state index in [1.54, 1.807) is 0 Å². The molecule has 1 aliphatic heterocycles. The largest absolute Gasteiger partial charge is 0.346 e. The highest BCUT2D eigenvalue weighted by atomic mass is 35.5. The van der Waals surface area contributed by atoms with Crippen molar-refractivity contribution in [2.45, 2.75) is 0 Å². The average molecular weight is 165 g/mol. The summed E-state index contributed by atoms with van der Waals surface area (Å²) in [5, 5.41) is 2.06. The molecule has 2 aliphatic rings. The number of rotatable bonds is 0. The molecule has 0 fully saturated rings. The van der Waals surface area contributed by atoms with Gasteiger partial charge in [-0.05, 0) is 6.07 Å². The van der Waals surface area contributed by atoms with Crippen LogP contribution in [0.5, 0.6) is 0 Å². The molecule has 1 aliphatic carbocycles. The minimum absolute atomic E-state index is 0.333. The molecule has 0 saturated carbocycles. The van der Waals surface area contributed by atoms with Crippen LogP contribution >= 0.6 is 11.6 Å². The molecule has 3 heteroatoms. The van der Waals surface area contributed by atoms with Crippen molar-refractivity contribution in [2.75, 3.05) is 0 Å². The van der Waals surface area contributed by atoms with Crippen molar-refractivity contribution < 1.29 is 0 Å². The van der Waals surface area contributed by atoms with Crippen LogP contribution in [-0.2, 0) is 0 Å². The van der Waals surface area contributed by atoms with Gasteiger partial charge in [0.05, 0.1) is 16.6 Å². The molecule has 0 aromatic carbocycles. The minimum Gasteiger partial charge on any atom is -0.346 e. The van der Waals surface area contributed by atoms with E-state index < -0.39 is 0 Å². The molecular formula is C8H5ClN2. The third kappa shape index (κ3) is 0.601. The Morgan fingerprint density at radius 3 is 3.36 bits per heavy atom. The highest BCUT2D eigenvalue weighted by Crippen LogP contribution is 2.44. The molecule has 3 rings (SSSR count). The van der Waals surface area contributed by atoms with E-state index in [9.17, 15) is 0 Å². The van der Waals surface area contributed by atoms with Gasteiger partial charge in [0.15, 0.2) is 0 Å². The van der Waals surface area contributed by atoms with Crippen LogP contribution in [0.1, 0.15) is 0 Å². The van der Waals surface area contributed by atoms with Crippen molar-refractivity contribution in [3.05, 3.63) is 33.7 Å². The number of nitrogens with one attached hydrogen (secondary N) is 1. The molecule has 1 atom stereocenters. The Hall–Kier alpha value is -1.02. The average Bonchev–Trinajstić information content (AvgIpc) is 2.50. The van der Waals surface area contributed by atoms with E-state index in [0.29, 0.717) is 5.92 Å². The van der Waals surface area contributed by atoms with Crippen LogP contribution in [-0.4, -0.2) is 4.98 Å². The Kier molecular flexibility index (Phi) is 0.809. The molecule has 0 spiro atoms. The summed E-state index contributed by atoms with van der Waals surface area (Å²) in [6.45, 7) is 0. The lowest BCUT2D eigenvalue weighted by molar-refractivity contribution is 1.06. The summed E-state index contributed by atoms with van der Waals surface area (Å²) < 4.78 is 0. The second kappa shape index (κ2) is 1.59. The summed E-state index contributed by atoms with van der Waals surface area (Å²) in [5.74, 6) is 0.333. The van der Waals surface area contributed by atoms with E-state index >= 15 is 0 Å². The molecule has 0 radical (unpaired) electrons. The third-order valence-corrected chi connectivity index (χ3v) is 2.49. The van der Waals surface area contributed by atoms with Gasteiger partial charge in [-0.2, -0.15) is 0 Å². The Balaban J connectivity index is 2.41. The maximum Gasteiger partial charge on any atom is 0.137 e. The van der Waals surface area contributed by atoms with Gasteiger partial charge in [-0.1, -0.05) is 17.7 Å². The first-order valence-corrected chi connectivity index (χ1v) is 3.87. The van der Waals surface area contributed by atoms with Crippen LogP contribution in [0.3, 0.4) is 0 Å². The van der Waals surface area contributed by atoms with Gasteiger partial charge in [0.2, 0.25) is 0 Å². The molecule has 1 aromatic heterocycles. The lowest BCUT2D eigenvalue weighted by Gasteiger charge is -1.90. The SMILES string of the molecule is ClC1=C2N=c3[nH]ccc3=C[C@H]12. The molecule has 0 unspecified atom stereocenters. The molecule has 1 aromatic rings. The second-order valence-corrected chi connectivity index (χ2v) is 3.18. The summed E-state index contributed by atoms with van der Waals surface area (Å²) in [6, 6.07) is 2.01. The van der Waals surface area contributed by atoms with Crippen molar-refractivity contribution in [2.24, 2.45) is 10.9 Å². The molecular weight excluding hydrogens is 160 g/mol. The van der Waals surface area contributed by atoms with Crippen molar-refractivity contribution >= 4 is 17.7 Å². The fourth-order valence-electron chi connectivity index (χ4n) is 1.38. The molecule has 0 bridgehead atoms. The van der Waals surface area contributed by atoms with Crippen LogP contribution in [0.4, 0.5) is 0 Å². The van der Waals surface area contributed by atoms with Gasteiger partial charge < -0.3 is 4.98 Å². The summed E-state index contributed by atoms with van der Waals surface area (Å²) in [5.41, 5.74) is 1.97. The van der Waals surface area contributed by atoms with Gasteiger partial charge in [-0.3, -0.25) is 0 Å². The summed E-state index contributed by atoms with van der Waals surface area (Å²) in [4.78, 5) is 7.37. The van der Waals surface area contributed by atoms with E-state index in [1.807, 2.05) is 12.3 Å². The summed E-state index contributed by atoms with van der Waals surface area (Å²) in [7, 11) is 0. The van der Waals surface area contributed by atoms with Gasteiger partial charge in [-0.25, -0.2) is 4.99 Å². The number of hydrogen-bond acceptors (Lipinski definition) is 1. The summed E-state index contributed by atoms with van der Waals surface area (Å²) >= 11 is 5.85. The monoisotopic (exact) mass is 164 g/mol. The zero-order valence-corrected chi connectivity index (χ0v) is 6.39. The standard InChI is InChI=1S/C8H5ClN2/c9-6-5-3-4-1-2-10-8(4)11-7(5)6/h1-3,5H,(H,10,11)/t5-/m1/s1. The normalized spacial score (nSPS) is 25.0. The third-order valence-electron chi connectivity index (χ3n) is 2.06. The van der Waals surface area contributed by atoms with Gasteiger partial charge >= 0.3 is 0 Å². The number of H-pyrrole nitrogens is 1. The number of allylic oxidation sites excluding steroid dienone is 2. The van der Waals surface area contributed by atoms with Crippen LogP contribution in [0.25, 0.3) is 6.08 Å². The molecule has 0 saturated heterocycles. The first-order chi connectivity index (χ1) is 5.36. The van der Waals surface area contributed by atoms with Crippen molar-refractivity contribution in [1.82, 2.24) is 4.98 Å². The smallest absolute Gasteiger partial charge is 0.137 e. The van der Waals surface area contributed by atoms with Crippen molar-refractivity contribution in [1.29, 1.82) is 0 Å². The molecule has 11 heavy (non-hydrogen) atoms. The van der Waals surface area contributed by atoms with Crippen LogP contribution in [0.2, 0.25) is 0 Å². The Bertz CT molecular complexity index is 467. The van der Waals surface area contributed by atoms with Gasteiger partial charge in [0, 0.05) is 11.4 Å². The lowest BCUT2D eigenvalue weighted by atomic mass is 10.2. The van der Waals surface area contributed by atoms with Gasteiger partial charge in [0.1, 0.15) is 5.49 Å². The molecule has 2 nitrogen and oxygen atoms in total. The number of fused-ring (bicyclic) bond motifs is 2. The summed E-state index contributed by atoms with van der Waals surface area (Å²) in [6.07, 6.45) is 4.03. The predicted octanol–water partition coefficient (Wildman–Crippen LogP) is 0.509. The first kappa shape index (κ1) is 5.61. The van der Waals surface area contributed by atoms with Crippen LogP contribution in [0, 0.1) is 5.92 Å². The number of aromatic nitrogens is 1. The highest BCUT2D eigenvalue weighted by molar-refractivity contribution is 6.34. The predicted molar refractivity (Wildman–Crippen MR) is 42.4 cm³/mol. The van der Waals surface area contributed by atoms with E-state index in [4.69, 9.17) is 11.6 Å². The molecule has 1 N–H and O–H groups in total. The second-order valence-electron chi connectivity index (χ2n) is 2.77.